The largest absolute Gasteiger partial charge is 0.497 e. The first-order chi connectivity index (χ1) is 10.0. The van der Waals surface area contributed by atoms with E-state index in [1.54, 1.807) is 31.4 Å². The average Bonchev–Trinajstić information content (AvgIpc) is 2.53. The van der Waals surface area contributed by atoms with Crippen molar-refractivity contribution in [3.8, 4) is 5.75 Å². The number of non-ortho nitro benzene ring substituents is 1. The number of hydrogen-bond donors (Lipinski definition) is 0. The third-order valence-electron chi connectivity index (χ3n) is 3.00. The Morgan fingerprint density at radius 1 is 1.14 bits per heavy atom. The fourth-order valence-electron chi connectivity index (χ4n) is 1.82. The highest BCUT2D eigenvalue weighted by molar-refractivity contribution is 9.09. The number of nitrogens with zero attached hydrogens (tertiary/aromatic N) is 1. The van der Waals surface area contributed by atoms with Crippen molar-refractivity contribution in [2.24, 2.45) is 0 Å². The average molecular weight is 350 g/mol. The van der Waals surface area contributed by atoms with Crippen molar-refractivity contribution in [2.45, 2.75) is 4.83 Å². The van der Waals surface area contributed by atoms with Gasteiger partial charge in [-0.05, 0) is 29.8 Å². The standard InChI is InChI=1S/C15H12BrNO4/c1-21-13-8-4-10(5-9-13)14(16)15(18)11-2-6-12(7-3-11)17(19)20/h2-9,14H,1H3. The first-order valence-corrected chi connectivity index (χ1v) is 7.01. The number of hydrogen-bond acceptors (Lipinski definition) is 4. The second-order valence-corrected chi connectivity index (χ2v) is 5.22. The van der Waals surface area contributed by atoms with Crippen molar-refractivity contribution in [2.75, 3.05) is 7.11 Å². The van der Waals surface area contributed by atoms with Gasteiger partial charge in [0.05, 0.1) is 12.0 Å². The Bertz CT molecular complexity index is 652. The van der Waals surface area contributed by atoms with Crippen molar-refractivity contribution >= 4 is 27.4 Å². The molecule has 0 amide bonds. The molecule has 0 bridgehead atoms. The Morgan fingerprint density at radius 3 is 2.19 bits per heavy atom. The summed E-state index contributed by atoms with van der Waals surface area (Å²) < 4.78 is 5.07. The minimum Gasteiger partial charge on any atom is -0.497 e. The molecule has 2 aromatic carbocycles. The Hall–Kier alpha value is -2.21. The summed E-state index contributed by atoms with van der Waals surface area (Å²) in [4.78, 5) is 21.9. The Kier molecular flexibility index (Phi) is 4.70. The van der Waals surface area contributed by atoms with Crippen LogP contribution >= 0.6 is 15.9 Å². The van der Waals surface area contributed by atoms with Gasteiger partial charge < -0.3 is 4.74 Å². The first-order valence-electron chi connectivity index (χ1n) is 6.09. The van der Waals surface area contributed by atoms with Crippen molar-refractivity contribution < 1.29 is 14.5 Å². The molecule has 1 unspecified atom stereocenters. The molecule has 0 saturated heterocycles. The summed E-state index contributed by atoms with van der Waals surface area (Å²) in [5.74, 6) is 0.552. The predicted octanol–water partition coefficient (Wildman–Crippen LogP) is 3.92. The number of methoxy groups -OCH3 is 1. The van der Waals surface area contributed by atoms with E-state index in [2.05, 4.69) is 15.9 Å². The highest BCUT2D eigenvalue weighted by Crippen LogP contribution is 2.29. The highest BCUT2D eigenvalue weighted by Gasteiger charge is 2.19. The van der Waals surface area contributed by atoms with Crippen LogP contribution < -0.4 is 4.74 Å². The summed E-state index contributed by atoms with van der Waals surface area (Å²) in [7, 11) is 1.57. The van der Waals surface area contributed by atoms with Crippen molar-refractivity contribution in [1.29, 1.82) is 0 Å². The number of nitro groups is 1. The molecule has 0 radical (unpaired) electrons. The van der Waals surface area contributed by atoms with Gasteiger partial charge in [0.15, 0.2) is 5.78 Å². The van der Waals surface area contributed by atoms with E-state index in [0.717, 1.165) is 5.56 Å². The smallest absolute Gasteiger partial charge is 0.269 e. The molecule has 108 valence electrons. The summed E-state index contributed by atoms with van der Waals surface area (Å²) in [5, 5.41) is 10.6. The molecule has 5 nitrogen and oxygen atoms in total. The van der Waals surface area contributed by atoms with E-state index >= 15 is 0 Å². The SMILES string of the molecule is COc1ccc(C(Br)C(=O)c2ccc([N+](=O)[O-])cc2)cc1. The number of carbonyl (C=O) groups excluding carboxylic acids is 1. The second kappa shape index (κ2) is 6.49. The predicted molar refractivity (Wildman–Crippen MR) is 82.1 cm³/mol. The minimum atomic E-state index is -0.509. The first kappa shape index (κ1) is 15.2. The lowest BCUT2D eigenvalue weighted by atomic mass is 10.0. The van der Waals surface area contributed by atoms with E-state index in [4.69, 9.17) is 4.74 Å². The number of ether oxygens (including phenoxy) is 1. The Labute approximate surface area is 129 Å². The number of alkyl halides is 1. The fourth-order valence-corrected chi connectivity index (χ4v) is 2.39. The molecule has 2 rings (SSSR count). The second-order valence-electron chi connectivity index (χ2n) is 4.30. The van der Waals surface area contributed by atoms with E-state index in [9.17, 15) is 14.9 Å². The zero-order valence-electron chi connectivity index (χ0n) is 11.2. The van der Waals surface area contributed by atoms with Gasteiger partial charge in [-0.25, -0.2) is 0 Å². The maximum atomic E-state index is 12.3. The van der Waals surface area contributed by atoms with Gasteiger partial charge in [-0.3, -0.25) is 14.9 Å². The van der Waals surface area contributed by atoms with Crippen LogP contribution in [-0.4, -0.2) is 17.8 Å². The number of benzene rings is 2. The van der Waals surface area contributed by atoms with E-state index in [1.165, 1.54) is 24.3 Å². The van der Waals surface area contributed by atoms with Crippen LogP contribution in [0.1, 0.15) is 20.7 Å². The van der Waals surface area contributed by atoms with E-state index in [-0.39, 0.29) is 11.5 Å². The summed E-state index contributed by atoms with van der Waals surface area (Å²) >= 11 is 3.36. The van der Waals surface area contributed by atoms with E-state index in [1.807, 2.05) is 0 Å². The number of rotatable bonds is 5. The van der Waals surface area contributed by atoms with Crippen LogP contribution in [0.2, 0.25) is 0 Å². The number of ketones is 1. The molecule has 0 saturated carbocycles. The molecule has 21 heavy (non-hydrogen) atoms. The monoisotopic (exact) mass is 349 g/mol. The summed E-state index contributed by atoms with van der Waals surface area (Å²) in [6.45, 7) is 0. The maximum absolute atomic E-state index is 12.3. The molecular formula is C15H12BrNO4. The normalized spacial score (nSPS) is 11.7. The summed E-state index contributed by atoms with van der Waals surface area (Å²) in [6, 6.07) is 12.7. The Morgan fingerprint density at radius 2 is 1.71 bits per heavy atom. The van der Waals surface area contributed by atoms with Crippen LogP contribution in [0.5, 0.6) is 5.75 Å². The Balaban J connectivity index is 2.19. The van der Waals surface area contributed by atoms with Crippen LogP contribution in [0.25, 0.3) is 0 Å². The van der Waals surface area contributed by atoms with Crippen LogP contribution in [0.15, 0.2) is 48.5 Å². The van der Waals surface area contributed by atoms with E-state index < -0.39 is 9.75 Å². The minimum absolute atomic E-state index is 0.0397. The van der Waals surface area contributed by atoms with Gasteiger partial charge >= 0.3 is 0 Å². The van der Waals surface area contributed by atoms with Crippen LogP contribution in [0.4, 0.5) is 5.69 Å². The molecule has 1 atom stereocenters. The van der Waals surface area contributed by atoms with Crippen molar-refractivity contribution in [3.63, 3.8) is 0 Å². The van der Waals surface area contributed by atoms with Crippen molar-refractivity contribution in [1.82, 2.24) is 0 Å². The maximum Gasteiger partial charge on any atom is 0.269 e. The van der Waals surface area contributed by atoms with Crippen LogP contribution in [0.3, 0.4) is 0 Å². The van der Waals surface area contributed by atoms with E-state index in [0.29, 0.717) is 11.3 Å². The van der Waals surface area contributed by atoms with Gasteiger partial charge in [-0.1, -0.05) is 28.1 Å². The number of Topliss-reactive ketones (excluding diaryl/α,β-unsaturated/α-hetero) is 1. The summed E-state index contributed by atoms with van der Waals surface area (Å²) in [6.07, 6.45) is 0. The lowest BCUT2D eigenvalue weighted by Gasteiger charge is -2.10. The molecule has 0 N–H and O–H groups in total. The van der Waals surface area contributed by atoms with Gasteiger partial charge in [0.25, 0.3) is 5.69 Å². The molecule has 0 spiro atoms. The number of nitro benzene ring substituents is 1. The quantitative estimate of drug-likeness (QED) is 0.355. The van der Waals surface area contributed by atoms with Gasteiger partial charge in [-0.15, -0.1) is 0 Å². The molecule has 2 aromatic rings. The van der Waals surface area contributed by atoms with Crippen LogP contribution in [-0.2, 0) is 0 Å². The molecule has 0 heterocycles. The molecule has 0 aliphatic rings. The molecule has 6 heteroatoms. The summed E-state index contributed by atoms with van der Waals surface area (Å²) in [5.41, 5.74) is 1.17. The zero-order valence-corrected chi connectivity index (χ0v) is 12.7. The molecule has 0 aromatic heterocycles. The fraction of sp³-hybridized carbons (Fsp3) is 0.133. The van der Waals surface area contributed by atoms with Gasteiger partial charge in [0, 0.05) is 17.7 Å². The van der Waals surface area contributed by atoms with Gasteiger partial charge in [0.2, 0.25) is 0 Å². The third-order valence-corrected chi connectivity index (χ3v) is 3.95. The lowest BCUT2D eigenvalue weighted by molar-refractivity contribution is -0.384. The number of halogens is 1. The van der Waals surface area contributed by atoms with Gasteiger partial charge in [0.1, 0.15) is 10.6 Å². The lowest BCUT2D eigenvalue weighted by Crippen LogP contribution is -2.07. The zero-order chi connectivity index (χ0) is 15.4. The van der Waals surface area contributed by atoms with Crippen LogP contribution in [0, 0.1) is 10.1 Å². The van der Waals surface area contributed by atoms with Gasteiger partial charge in [-0.2, -0.15) is 0 Å². The molecular weight excluding hydrogens is 338 g/mol. The third kappa shape index (κ3) is 3.46. The molecule has 0 aliphatic carbocycles. The highest BCUT2D eigenvalue weighted by atomic mass is 79.9. The number of carbonyl (C=O) groups is 1. The topological polar surface area (TPSA) is 69.4 Å². The van der Waals surface area contributed by atoms with Crippen molar-refractivity contribution in [3.05, 3.63) is 69.8 Å². The molecule has 0 aliphatic heterocycles. The molecule has 0 fully saturated rings.